The van der Waals surface area contributed by atoms with Crippen molar-refractivity contribution in [2.75, 3.05) is 33.9 Å². The zero-order valence-electron chi connectivity index (χ0n) is 17.6. The number of H-pyrrole nitrogens is 1. The zero-order valence-corrected chi connectivity index (χ0v) is 17.6. The molecule has 0 radical (unpaired) electrons. The van der Waals surface area contributed by atoms with Crippen molar-refractivity contribution >= 4 is 47.0 Å². The van der Waals surface area contributed by atoms with Crippen LogP contribution in [0.25, 0.3) is 0 Å². The lowest BCUT2D eigenvalue weighted by molar-refractivity contribution is -0.140. The van der Waals surface area contributed by atoms with E-state index >= 15 is 0 Å². The summed E-state index contributed by atoms with van der Waals surface area (Å²) in [5.41, 5.74) is 5.72. The lowest BCUT2D eigenvalue weighted by Crippen LogP contribution is -2.46. The molecule has 1 fully saturated rings. The number of nitrogen functional groups attached to an aromatic ring is 1. The standard InChI is InChI=1S/C20H21N7O7/c21-19-24-15-14(17(31)25-19)27-11(7-22-15)8-26(20(27)34)10-3-1-9(2-4-10)16(30)23-12(18(32)33)5-6-13(28)29/h1-4,11-12H,5-8H2,(H,23,30)(H,28,29)(H,32,33)(H4,21,22,24,25,31)/t11-,12+/m1/s1. The summed E-state index contributed by atoms with van der Waals surface area (Å²) in [5, 5.41) is 23.2. The molecule has 34 heavy (non-hydrogen) atoms. The van der Waals surface area contributed by atoms with Gasteiger partial charge in [0.15, 0.2) is 11.5 Å². The van der Waals surface area contributed by atoms with Crippen molar-refractivity contribution < 1.29 is 29.4 Å². The number of carboxylic acids is 2. The van der Waals surface area contributed by atoms with Crippen molar-refractivity contribution in [3.05, 3.63) is 40.2 Å². The van der Waals surface area contributed by atoms with E-state index in [4.69, 9.17) is 10.8 Å². The molecule has 1 saturated heterocycles. The van der Waals surface area contributed by atoms with Gasteiger partial charge >= 0.3 is 18.0 Å². The molecule has 0 spiro atoms. The maximum absolute atomic E-state index is 13.1. The quantitative estimate of drug-likeness (QED) is 0.309. The fourth-order valence-corrected chi connectivity index (χ4v) is 3.91. The summed E-state index contributed by atoms with van der Waals surface area (Å²) in [6, 6.07) is 3.77. The molecule has 3 amide bonds. The van der Waals surface area contributed by atoms with Gasteiger partial charge < -0.3 is 26.6 Å². The minimum absolute atomic E-state index is 0.0693. The number of anilines is 4. The summed E-state index contributed by atoms with van der Waals surface area (Å²) >= 11 is 0. The van der Waals surface area contributed by atoms with Gasteiger partial charge in [0.1, 0.15) is 6.04 Å². The number of benzene rings is 1. The lowest BCUT2D eigenvalue weighted by Gasteiger charge is -2.29. The largest absolute Gasteiger partial charge is 0.481 e. The van der Waals surface area contributed by atoms with Crippen LogP contribution in [0.5, 0.6) is 0 Å². The van der Waals surface area contributed by atoms with E-state index < -0.39 is 41.9 Å². The normalized spacial score (nSPS) is 17.4. The molecule has 2 aromatic rings. The predicted octanol–water partition coefficient (Wildman–Crippen LogP) is -0.359. The number of carboxylic acid groups (broad SMARTS) is 2. The van der Waals surface area contributed by atoms with Crippen molar-refractivity contribution in [3.63, 3.8) is 0 Å². The molecule has 0 saturated carbocycles. The number of nitrogens with zero attached hydrogens (tertiary/aromatic N) is 3. The van der Waals surface area contributed by atoms with Gasteiger partial charge in [0.2, 0.25) is 5.95 Å². The van der Waals surface area contributed by atoms with Crippen molar-refractivity contribution in [1.29, 1.82) is 0 Å². The highest BCUT2D eigenvalue weighted by Gasteiger charge is 2.44. The maximum Gasteiger partial charge on any atom is 0.329 e. The van der Waals surface area contributed by atoms with Crippen molar-refractivity contribution in [1.82, 2.24) is 15.3 Å². The van der Waals surface area contributed by atoms with E-state index in [0.717, 1.165) is 0 Å². The molecule has 1 aromatic carbocycles. The number of nitrogens with one attached hydrogen (secondary N) is 3. The first-order chi connectivity index (χ1) is 16.2. The van der Waals surface area contributed by atoms with E-state index in [1.807, 2.05) is 0 Å². The van der Waals surface area contributed by atoms with Crippen molar-refractivity contribution in [2.24, 2.45) is 0 Å². The van der Waals surface area contributed by atoms with Crippen LogP contribution in [0.3, 0.4) is 0 Å². The number of aromatic nitrogens is 2. The molecule has 14 nitrogen and oxygen atoms in total. The molecule has 3 heterocycles. The van der Waals surface area contributed by atoms with Crippen LogP contribution in [-0.4, -0.2) is 69.2 Å². The monoisotopic (exact) mass is 471 g/mol. The van der Waals surface area contributed by atoms with Crippen LogP contribution < -0.4 is 31.7 Å². The summed E-state index contributed by atoms with van der Waals surface area (Å²) in [4.78, 5) is 69.2. The van der Waals surface area contributed by atoms with E-state index in [0.29, 0.717) is 12.2 Å². The zero-order chi connectivity index (χ0) is 24.6. The number of urea groups is 1. The molecule has 7 N–H and O–H groups in total. The number of fused-ring (bicyclic) bond motifs is 3. The van der Waals surface area contributed by atoms with Crippen LogP contribution in [0.15, 0.2) is 29.1 Å². The minimum atomic E-state index is -1.35. The van der Waals surface area contributed by atoms with Gasteiger partial charge in [-0.15, -0.1) is 0 Å². The van der Waals surface area contributed by atoms with Gasteiger partial charge in [-0.3, -0.25) is 29.2 Å². The number of carbonyl (C=O) groups is 4. The average molecular weight is 471 g/mol. The van der Waals surface area contributed by atoms with Crippen LogP contribution >= 0.6 is 0 Å². The second-order valence-corrected chi connectivity index (χ2v) is 7.79. The third kappa shape index (κ3) is 4.20. The van der Waals surface area contributed by atoms with Crippen LogP contribution in [-0.2, 0) is 9.59 Å². The number of rotatable bonds is 7. The number of aliphatic carboxylic acids is 2. The number of carbonyl (C=O) groups excluding carboxylic acids is 2. The van der Waals surface area contributed by atoms with Gasteiger partial charge in [-0.05, 0) is 30.7 Å². The van der Waals surface area contributed by atoms with E-state index in [1.54, 1.807) is 0 Å². The molecular formula is C20H21N7O7. The first-order valence-corrected chi connectivity index (χ1v) is 10.3. The number of hydrogen-bond donors (Lipinski definition) is 6. The van der Waals surface area contributed by atoms with Crippen LogP contribution in [0.4, 0.5) is 27.9 Å². The van der Waals surface area contributed by atoms with Gasteiger partial charge in [0.25, 0.3) is 11.5 Å². The van der Waals surface area contributed by atoms with Crippen LogP contribution in [0.2, 0.25) is 0 Å². The number of amides is 3. The molecule has 0 unspecified atom stereocenters. The Kier molecular flexibility index (Phi) is 5.79. The number of hydrogen-bond acceptors (Lipinski definition) is 8. The third-order valence-electron chi connectivity index (χ3n) is 5.55. The first kappa shape index (κ1) is 22.6. The van der Waals surface area contributed by atoms with Gasteiger partial charge in [0, 0.05) is 24.2 Å². The molecule has 1 aromatic heterocycles. The molecular weight excluding hydrogens is 450 g/mol. The summed E-state index contributed by atoms with van der Waals surface area (Å²) in [6.45, 7) is 0.634. The molecule has 2 aliphatic heterocycles. The second-order valence-electron chi connectivity index (χ2n) is 7.79. The smallest absolute Gasteiger partial charge is 0.329 e. The van der Waals surface area contributed by atoms with Crippen molar-refractivity contribution in [2.45, 2.75) is 24.9 Å². The van der Waals surface area contributed by atoms with Gasteiger partial charge in [-0.1, -0.05) is 0 Å². The van der Waals surface area contributed by atoms with E-state index in [-0.39, 0.29) is 42.0 Å². The fourth-order valence-electron chi connectivity index (χ4n) is 3.91. The Labute approximate surface area is 191 Å². The summed E-state index contributed by atoms with van der Waals surface area (Å²) in [5.74, 6) is -3.06. The van der Waals surface area contributed by atoms with Crippen LogP contribution in [0.1, 0.15) is 23.2 Å². The van der Waals surface area contributed by atoms with Crippen LogP contribution in [0, 0.1) is 0 Å². The molecule has 178 valence electrons. The third-order valence-corrected chi connectivity index (χ3v) is 5.55. The predicted molar refractivity (Wildman–Crippen MR) is 119 cm³/mol. The van der Waals surface area contributed by atoms with E-state index in [2.05, 4.69) is 20.6 Å². The first-order valence-electron chi connectivity index (χ1n) is 10.3. The Hall–Kier alpha value is -4.62. The van der Waals surface area contributed by atoms with E-state index in [1.165, 1.54) is 34.1 Å². The maximum atomic E-state index is 13.1. The summed E-state index contributed by atoms with van der Waals surface area (Å²) in [6.07, 6.45) is -0.670. The highest BCUT2D eigenvalue weighted by atomic mass is 16.4. The Morgan fingerprint density at radius 1 is 1.21 bits per heavy atom. The Balaban J connectivity index is 1.50. The molecule has 0 aliphatic carbocycles. The SMILES string of the molecule is Nc1nc2c(c(=O)[nH]1)N1C(=O)N(c3ccc(C(=O)N[C@@H](CCC(=O)O)C(=O)O)cc3)C[C@H]1CN2. The second kappa shape index (κ2) is 8.73. The number of aromatic amines is 1. The fraction of sp³-hybridized carbons (Fsp3) is 0.300. The molecule has 14 heteroatoms. The summed E-state index contributed by atoms with van der Waals surface area (Å²) < 4.78 is 0. The number of nitrogens with two attached hydrogens (primary N) is 1. The molecule has 4 rings (SSSR count). The average Bonchev–Trinajstić information content (AvgIpc) is 3.12. The Morgan fingerprint density at radius 3 is 2.56 bits per heavy atom. The summed E-state index contributed by atoms with van der Waals surface area (Å²) in [7, 11) is 0. The van der Waals surface area contributed by atoms with Gasteiger partial charge in [-0.2, -0.15) is 4.98 Å². The van der Waals surface area contributed by atoms with Gasteiger partial charge in [0.05, 0.1) is 12.6 Å². The molecule has 0 bridgehead atoms. The van der Waals surface area contributed by atoms with Gasteiger partial charge in [-0.25, -0.2) is 9.59 Å². The Bertz CT molecular complexity index is 1230. The lowest BCUT2D eigenvalue weighted by atomic mass is 10.1. The Morgan fingerprint density at radius 2 is 1.91 bits per heavy atom. The molecule has 2 aliphatic rings. The van der Waals surface area contributed by atoms with E-state index in [9.17, 15) is 29.1 Å². The van der Waals surface area contributed by atoms with Crippen molar-refractivity contribution in [3.8, 4) is 0 Å². The highest BCUT2D eigenvalue weighted by molar-refractivity contribution is 6.09. The minimum Gasteiger partial charge on any atom is -0.481 e. The highest BCUT2D eigenvalue weighted by Crippen LogP contribution is 2.33. The topological polar surface area (TPSA) is 211 Å². The molecule has 2 atom stereocenters.